The monoisotopic (exact) mass is 264 g/mol. The van der Waals surface area contributed by atoms with Gasteiger partial charge >= 0.3 is 5.97 Å². The summed E-state index contributed by atoms with van der Waals surface area (Å²) in [5, 5.41) is 9.32. The third kappa shape index (κ3) is 2.59. The third-order valence-corrected chi connectivity index (χ3v) is 4.28. The molecule has 1 aliphatic carbocycles. The number of hydrogen-bond acceptors (Lipinski definition) is 3. The number of amides is 1. The van der Waals surface area contributed by atoms with Crippen molar-refractivity contribution in [1.82, 2.24) is 4.90 Å². The Bertz CT molecular complexity index is 415. The van der Waals surface area contributed by atoms with Crippen LogP contribution in [0.2, 0.25) is 0 Å². The van der Waals surface area contributed by atoms with Gasteiger partial charge in [-0.3, -0.25) is 4.79 Å². The summed E-state index contributed by atoms with van der Waals surface area (Å²) in [7, 11) is 0. The van der Waals surface area contributed by atoms with Crippen LogP contribution in [0.5, 0.6) is 0 Å². The Morgan fingerprint density at radius 2 is 2.11 bits per heavy atom. The number of likely N-dealkylation sites (tertiary alicyclic amines) is 1. The van der Waals surface area contributed by atoms with Gasteiger partial charge in [0.15, 0.2) is 0 Å². The molecule has 2 aliphatic rings. The van der Waals surface area contributed by atoms with E-state index in [1.165, 1.54) is 4.90 Å². The van der Waals surface area contributed by atoms with Gasteiger partial charge in [-0.25, -0.2) is 4.79 Å². The zero-order chi connectivity index (χ0) is 14.0. The van der Waals surface area contributed by atoms with Gasteiger partial charge in [-0.2, -0.15) is 0 Å². The highest BCUT2D eigenvalue weighted by molar-refractivity contribution is 5.88. The van der Waals surface area contributed by atoms with E-state index >= 15 is 0 Å². The molecule has 1 amide bonds. The first-order valence-electron chi connectivity index (χ1n) is 6.80. The van der Waals surface area contributed by atoms with E-state index in [4.69, 9.17) is 12.2 Å². The van der Waals surface area contributed by atoms with E-state index in [-0.39, 0.29) is 18.4 Å². The van der Waals surface area contributed by atoms with E-state index in [1.807, 2.05) is 0 Å². The minimum atomic E-state index is -0.935. The molecule has 5 nitrogen and oxygen atoms in total. The van der Waals surface area contributed by atoms with Crippen LogP contribution in [-0.2, 0) is 9.59 Å². The number of carbonyl (C=O) groups excluding carboxylic acids is 1. The standard InChI is InChI=1S/C14H20N2O3/c1-2-5-10(15)13(17)16-11-7-4-3-6-9(11)8-12(16)14(18)19/h1,9-12H,3-8,15H2,(H,18,19). The van der Waals surface area contributed by atoms with Gasteiger partial charge in [0, 0.05) is 12.5 Å². The highest BCUT2D eigenvalue weighted by atomic mass is 16.4. The number of carbonyl (C=O) groups is 2. The predicted molar refractivity (Wildman–Crippen MR) is 70.1 cm³/mol. The number of hydrogen-bond donors (Lipinski definition) is 2. The maximum absolute atomic E-state index is 12.3. The first-order chi connectivity index (χ1) is 9.06. The molecule has 19 heavy (non-hydrogen) atoms. The zero-order valence-electron chi connectivity index (χ0n) is 10.9. The van der Waals surface area contributed by atoms with Crippen molar-refractivity contribution in [2.75, 3.05) is 0 Å². The van der Waals surface area contributed by atoms with Gasteiger partial charge in [0.2, 0.25) is 5.91 Å². The van der Waals surface area contributed by atoms with E-state index in [2.05, 4.69) is 5.92 Å². The zero-order valence-corrected chi connectivity index (χ0v) is 10.9. The normalized spacial score (nSPS) is 31.4. The van der Waals surface area contributed by atoms with Crippen LogP contribution < -0.4 is 5.73 Å². The van der Waals surface area contributed by atoms with Crippen LogP contribution >= 0.6 is 0 Å². The van der Waals surface area contributed by atoms with Crippen LogP contribution in [0.25, 0.3) is 0 Å². The first kappa shape index (κ1) is 13.9. The maximum Gasteiger partial charge on any atom is 0.326 e. The van der Waals surface area contributed by atoms with Gasteiger partial charge in [0.05, 0.1) is 6.04 Å². The van der Waals surface area contributed by atoms with E-state index in [1.54, 1.807) is 0 Å². The molecule has 1 aliphatic heterocycles. The Kier molecular flexibility index (Phi) is 4.11. The molecule has 0 aromatic rings. The van der Waals surface area contributed by atoms with E-state index < -0.39 is 18.1 Å². The van der Waals surface area contributed by atoms with Crippen LogP contribution in [0.15, 0.2) is 0 Å². The van der Waals surface area contributed by atoms with Crippen LogP contribution in [0, 0.1) is 18.3 Å². The van der Waals surface area contributed by atoms with Crippen LogP contribution in [-0.4, -0.2) is 40.0 Å². The number of carboxylic acid groups (broad SMARTS) is 1. The van der Waals surface area contributed by atoms with Crippen molar-refractivity contribution in [2.45, 2.75) is 56.7 Å². The van der Waals surface area contributed by atoms with Crippen molar-refractivity contribution in [3.63, 3.8) is 0 Å². The molecule has 104 valence electrons. The first-order valence-corrected chi connectivity index (χ1v) is 6.80. The Labute approximate surface area is 113 Å². The fourth-order valence-electron chi connectivity index (χ4n) is 3.40. The van der Waals surface area contributed by atoms with Gasteiger partial charge in [0.1, 0.15) is 6.04 Å². The number of carboxylic acids is 1. The van der Waals surface area contributed by atoms with Gasteiger partial charge < -0.3 is 15.7 Å². The molecular formula is C14H20N2O3. The number of aliphatic carboxylic acids is 1. The Morgan fingerprint density at radius 3 is 2.74 bits per heavy atom. The lowest BCUT2D eigenvalue weighted by Gasteiger charge is -2.34. The van der Waals surface area contributed by atoms with Gasteiger partial charge in [-0.15, -0.1) is 12.3 Å². The average Bonchev–Trinajstić information content (AvgIpc) is 2.77. The molecule has 4 atom stereocenters. The molecule has 2 rings (SSSR count). The van der Waals surface area contributed by atoms with Crippen molar-refractivity contribution in [1.29, 1.82) is 0 Å². The summed E-state index contributed by atoms with van der Waals surface area (Å²) in [6.07, 6.45) is 9.92. The van der Waals surface area contributed by atoms with Gasteiger partial charge in [-0.05, 0) is 25.2 Å². The fraction of sp³-hybridized carbons (Fsp3) is 0.714. The minimum Gasteiger partial charge on any atom is -0.480 e. The summed E-state index contributed by atoms with van der Waals surface area (Å²) < 4.78 is 0. The second kappa shape index (κ2) is 5.62. The topological polar surface area (TPSA) is 83.6 Å². The fourth-order valence-corrected chi connectivity index (χ4v) is 3.40. The summed E-state index contributed by atoms with van der Waals surface area (Å²) in [6, 6.07) is -1.48. The van der Waals surface area contributed by atoms with Crippen molar-refractivity contribution < 1.29 is 14.7 Å². The smallest absolute Gasteiger partial charge is 0.326 e. The molecule has 1 saturated carbocycles. The van der Waals surface area contributed by atoms with Crippen molar-refractivity contribution in [2.24, 2.45) is 11.7 Å². The minimum absolute atomic E-state index is 0.0335. The van der Waals surface area contributed by atoms with Crippen LogP contribution in [0.3, 0.4) is 0 Å². The molecule has 4 unspecified atom stereocenters. The lowest BCUT2D eigenvalue weighted by atomic mass is 9.84. The molecule has 0 bridgehead atoms. The second-order valence-corrected chi connectivity index (χ2v) is 5.46. The highest BCUT2D eigenvalue weighted by Gasteiger charge is 2.48. The van der Waals surface area contributed by atoms with Gasteiger partial charge in [0.25, 0.3) is 0 Å². The molecule has 3 N–H and O–H groups in total. The van der Waals surface area contributed by atoms with E-state index in [0.717, 1.165) is 25.7 Å². The Morgan fingerprint density at radius 1 is 1.42 bits per heavy atom. The molecule has 0 spiro atoms. The lowest BCUT2D eigenvalue weighted by Crippen LogP contribution is -2.52. The molecule has 0 aromatic heterocycles. The summed E-state index contributed by atoms with van der Waals surface area (Å²) in [6.45, 7) is 0. The molecule has 2 fully saturated rings. The van der Waals surface area contributed by atoms with Crippen LogP contribution in [0.1, 0.15) is 38.5 Å². The van der Waals surface area contributed by atoms with Crippen molar-refractivity contribution in [3.8, 4) is 12.3 Å². The molecule has 1 heterocycles. The average molecular weight is 264 g/mol. The summed E-state index contributed by atoms with van der Waals surface area (Å²) in [5.74, 6) is 1.43. The van der Waals surface area contributed by atoms with Crippen molar-refractivity contribution in [3.05, 3.63) is 0 Å². The highest BCUT2D eigenvalue weighted by Crippen LogP contribution is 2.40. The quantitative estimate of drug-likeness (QED) is 0.730. The van der Waals surface area contributed by atoms with E-state index in [9.17, 15) is 14.7 Å². The second-order valence-electron chi connectivity index (χ2n) is 5.46. The summed E-state index contributed by atoms with van der Waals surface area (Å²) in [4.78, 5) is 25.2. The molecule has 5 heteroatoms. The molecular weight excluding hydrogens is 244 g/mol. The molecule has 0 aromatic carbocycles. The van der Waals surface area contributed by atoms with Crippen molar-refractivity contribution >= 4 is 11.9 Å². The Balaban J connectivity index is 2.20. The maximum atomic E-state index is 12.3. The number of rotatable bonds is 3. The summed E-state index contributed by atoms with van der Waals surface area (Å²) in [5.41, 5.74) is 5.77. The molecule has 1 saturated heterocycles. The lowest BCUT2D eigenvalue weighted by molar-refractivity contribution is -0.150. The van der Waals surface area contributed by atoms with Crippen LogP contribution in [0.4, 0.5) is 0 Å². The third-order valence-electron chi connectivity index (χ3n) is 4.28. The number of fused-ring (bicyclic) bond motifs is 1. The predicted octanol–water partition coefficient (Wildman–Crippen LogP) is 0.581. The number of nitrogens with two attached hydrogens (primary N) is 1. The SMILES string of the molecule is C#CCC(N)C(=O)N1C(C(=O)O)CC2CCCCC21. The number of nitrogens with zero attached hydrogens (tertiary/aromatic N) is 1. The number of terminal acetylenes is 1. The van der Waals surface area contributed by atoms with E-state index in [0.29, 0.717) is 12.3 Å². The summed E-state index contributed by atoms with van der Waals surface area (Å²) >= 11 is 0. The largest absolute Gasteiger partial charge is 0.480 e. The Hall–Kier alpha value is -1.54. The van der Waals surface area contributed by atoms with Gasteiger partial charge in [-0.1, -0.05) is 12.8 Å². The molecule has 0 radical (unpaired) electrons.